The van der Waals surface area contributed by atoms with E-state index >= 15 is 0 Å². The van der Waals surface area contributed by atoms with Crippen LogP contribution in [0.4, 0.5) is 22.0 Å². The molecule has 1 nitrogen and oxygen atoms in total. The maximum absolute atomic E-state index is 12.9. The summed E-state index contributed by atoms with van der Waals surface area (Å²) in [6.07, 6.45) is -5.54. The van der Waals surface area contributed by atoms with Gasteiger partial charge >= 0.3 is 6.18 Å². The zero-order valence-corrected chi connectivity index (χ0v) is 9.15. The van der Waals surface area contributed by atoms with Gasteiger partial charge in [0.05, 0.1) is 0 Å². The first-order valence-corrected chi connectivity index (χ1v) is 5.30. The van der Waals surface area contributed by atoms with Gasteiger partial charge in [-0.1, -0.05) is 6.07 Å². The zero-order chi connectivity index (χ0) is 13.6. The minimum absolute atomic E-state index is 0.0504. The van der Waals surface area contributed by atoms with Gasteiger partial charge in [0.15, 0.2) is 17.4 Å². The van der Waals surface area contributed by atoms with E-state index in [9.17, 15) is 26.7 Å². The number of halogens is 5. The predicted octanol–water partition coefficient (Wildman–Crippen LogP) is 3.42. The van der Waals surface area contributed by atoms with Gasteiger partial charge in [-0.25, -0.2) is 8.78 Å². The molecule has 0 atom stereocenters. The Kier molecular flexibility index (Phi) is 2.91. The van der Waals surface area contributed by atoms with E-state index in [1.165, 1.54) is 0 Å². The van der Waals surface area contributed by atoms with E-state index in [0.29, 0.717) is 0 Å². The van der Waals surface area contributed by atoms with Crippen LogP contribution in [0.3, 0.4) is 0 Å². The Hall–Kier alpha value is -1.46. The lowest BCUT2D eigenvalue weighted by Gasteiger charge is -2.17. The number of Topliss-reactive ketones (excluding diaryl/α,β-unsaturated/α-hetero) is 1. The van der Waals surface area contributed by atoms with Gasteiger partial charge in [0.25, 0.3) is 0 Å². The van der Waals surface area contributed by atoms with Gasteiger partial charge in [-0.2, -0.15) is 13.2 Å². The van der Waals surface area contributed by atoms with Crippen molar-refractivity contribution in [3.05, 3.63) is 35.4 Å². The van der Waals surface area contributed by atoms with Crippen molar-refractivity contribution in [2.45, 2.75) is 25.4 Å². The Morgan fingerprint density at radius 3 is 2.22 bits per heavy atom. The molecular formula is C12H9F5O. The van der Waals surface area contributed by atoms with Crippen LogP contribution in [0.25, 0.3) is 0 Å². The lowest BCUT2D eigenvalue weighted by atomic mass is 9.94. The SMILES string of the molecule is O=C(Cc1ccc(F)c(F)c1)C1(C(F)(F)F)CC1. The smallest absolute Gasteiger partial charge is 0.298 e. The molecule has 0 aromatic heterocycles. The molecule has 0 N–H and O–H groups in total. The van der Waals surface area contributed by atoms with E-state index in [-0.39, 0.29) is 18.4 Å². The molecule has 1 aliphatic carbocycles. The van der Waals surface area contributed by atoms with Crippen molar-refractivity contribution in [3.63, 3.8) is 0 Å². The van der Waals surface area contributed by atoms with Crippen LogP contribution in [0.2, 0.25) is 0 Å². The van der Waals surface area contributed by atoms with E-state index in [1.807, 2.05) is 0 Å². The zero-order valence-electron chi connectivity index (χ0n) is 9.15. The van der Waals surface area contributed by atoms with Crippen molar-refractivity contribution in [1.29, 1.82) is 0 Å². The first-order chi connectivity index (χ1) is 8.26. The van der Waals surface area contributed by atoms with Crippen LogP contribution in [-0.2, 0) is 11.2 Å². The van der Waals surface area contributed by atoms with Crippen LogP contribution in [0.5, 0.6) is 0 Å². The standard InChI is InChI=1S/C12H9F5O/c13-8-2-1-7(5-9(8)14)6-10(18)11(3-4-11)12(15,16)17/h1-2,5H,3-4,6H2. The average molecular weight is 264 g/mol. The number of hydrogen-bond acceptors (Lipinski definition) is 1. The largest absolute Gasteiger partial charge is 0.401 e. The van der Waals surface area contributed by atoms with Gasteiger partial charge in [-0.3, -0.25) is 4.79 Å². The summed E-state index contributed by atoms with van der Waals surface area (Å²) >= 11 is 0. The number of hydrogen-bond donors (Lipinski definition) is 0. The molecule has 1 fully saturated rings. The molecule has 1 saturated carbocycles. The Bertz CT molecular complexity index is 488. The fraction of sp³-hybridized carbons (Fsp3) is 0.417. The molecule has 0 heterocycles. The highest BCUT2D eigenvalue weighted by Crippen LogP contribution is 2.58. The number of ketones is 1. The molecule has 0 saturated heterocycles. The monoisotopic (exact) mass is 264 g/mol. The normalized spacial score (nSPS) is 17.6. The van der Waals surface area contributed by atoms with Crippen LogP contribution >= 0.6 is 0 Å². The second-order valence-corrected chi connectivity index (χ2v) is 4.43. The van der Waals surface area contributed by atoms with Crippen molar-refractivity contribution in [2.75, 3.05) is 0 Å². The number of benzene rings is 1. The van der Waals surface area contributed by atoms with Crippen molar-refractivity contribution >= 4 is 5.78 Å². The lowest BCUT2D eigenvalue weighted by Crippen LogP contribution is -2.33. The minimum Gasteiger partial charge on any atom is -0.298 e. The van der Waals surface area contributed by atoms with E-state index < -0.39 is 35.4 Å². The maximum atomic E-state index is 12.9. The highest BCUT2D eigenvalue weighted by atomic mass is 19.4. The van der Waals surface area contributed by atoms with Gasteiger partial charge < -0.3 is 0 Å². The Morgan fingerprint density at radius 1 is 1.17 bits per heavy atom. The summed E-state index contributed by atoms with van der Waals surface area (Å²) in [5.74, 6) is -3.25. The van der Waals surface area contributed by atoms with E-state index in [1.54, 1.807) is 0 Å². The number of alkyl halides is 3. The molecule has 0 amide bonds. The molecule has 1 aromatic rings. The first kappa shape index (κ1) is 13.0. The highest BCUT2D eigenvalue weighted by molar-refractivity contribution is 5.90. The van der Waals surface area contributed by atoms with Gasteiger partial charge in [0.2, 0.25) is 0 Å². The second-order valence-electron chi connectivity index (χ2n) is 4.43. The van der Waals surface area contributed by atoms with Crippen molar-refractivity contribution in [3.8, 4) is 0 Å². The summed E-state index contributed by atoms with van der Waals surface area (Å²) in [5, 5.41) is 0. The molecular weight excluding hydrogens is 255 g/mol. The molecule has 0 spiro atoms. The van der Waals surface area contributed by atoms with Gasteiger partial charge in [0, 0.05) is 6.42 Å². The molecule has 0 aliphatic heterocycles. The van der Waals surface area contributed by atoms with E-state index in [0.717, 1.165) is 18.2 Å². The van der Waals surface area contributed by atoms with Gasteiger partial charge in [-0.15, -0.1) is 0 Å². The summed E-state index contributed by atoms with van der Waals surface area (Å²) in [6, 6.07) is 2.66. The fourth-order valence-corrected chi connectivity index (χ4v) is 1.85. The number of rotatable bonds is 3. The van der Waals surface area contributed by atoms with Crippen LogP contribution < -0.4 is 0 Å². The predicted molar refractivity (Wildman–Crippen MR) is 52.8 cm³/mol. The summed E-state index contributed by atoms with van der Waals surface area (Å²) in [6.45, 7) is 0. The fourth-order valence-electron chi connectivity index (χ4n) is 1.85. The van der Waals surface area contributed by atoms with Gasteiger partial charge in [0.1, 0.15) is 5.41 Å². The van der Waals surface area contributed by atoms with Gasteiger partial charge in [-0.05, 0) is 30.5 Å². The Morgan fingerprint density at radius 2 is 1.78 bits per heavy atom. The number of carbonyl (C=O) groups is 1. The Balaban J connectivity index is 2.15. The topological polar surface area (TPSA) is 17.1 Å². The molecule has 1 aliphatic rings. The number of carbonyl (C=O) groups excluding carboxylic acids is 1. The lowest BCUT2D eigenvalue weighted by molar-refractivity contribution is -0.190. The van der Waals surface area contributed by atoms with Crippen LogP contribution in [-0.4, -0.2) is 12.0 Å². The average Bonchev–Trinajstić information content (AvgIpc) is 3.03. The molecule has 18 heavy (non-hydrogen) atoms. The first-order valence-electron chi connectivity index (χ1n) is 5.30. The third-order valence-electron chi connectivity index (χ3n) is 3.18. The molecule has 98 valence electrons. The van der Waals surface area contributed by atoms with Crippen molar-refractivity contribution in [2.24, 2.45) is 5.41 Å². The van der Waals surface area contributed by atoms with Crippen LogP contribution in [0, 0.1) is 17.0 Å². The summed E-state index contributed by atoms with van der Waals surface area (Å²) in [4.78, 5) is 11.6. The second kappa shape index (κ2) is 4.03. The molecule has 1 aromatic carbocycles. The highest BCUT2D eigenvalue weighted by Gasteiger charge is 2.67. The molecule has 0 unspecified atom stereocenters. The summed E-state index contributed by atoms with van der Waals surface area (Å²) in [7, 11) is 0. The van der Waals surface area contributed by atoms with Crippen LogP contribution in [0.1, 0.15) is 18.4 Å². The maximum Gasteiger partial charge on any atom is 0.401 e. The van der Waals surface area contributed by atoms with E-state index in [2.05, 4.69) is 0 Å². The van der Waals surface area contributed by atoms with Crippen molar-refractivity contribution in [1.82, 2.24) is 0 Å². The quantitative estimate of drug-likeness (QED) is 0.764. The third-order valence-corrected chi connectivity index (χ3v) is 3.18. The Labute approximate surface area is 99.6 Å². The summed E-state index contributed by atoms with van der Waals surface area (Å²) in [5.41, 5.74) is -2.22. The minimum atomic E-state index is -4.57. The third kappa shape index (κ3) is 2.11. The molecule has 6 heteroatoms. The van der Waals surface area contributed by atoms with E-state index in [4.69, 9.17) is 0 Å². The molecule has 0 radical (unpaired) electrons. The molecule has 0 bridgehead atoms. The molecule has 2 rings (SSSR count). The van der Waals surface area contributed by atoms with Crippen LogP contribution in [0.15, 0.2) is 18.2 Å². The van der Waals surface area contributed by atoms with Crippen molar-refractivity contribution < 1.29 is 26.7 Å². The summed E-state index contributed by atoms with van der Waals surface area (Å²) < 4.78 is 63.4.